The SMILES string of the molecule is COCCN(Cc1cc(C)c(CNC(C)C)o1)CC(C)C. The van der Waals surface area contributed by atoms with Gasteiger partial charge in [-0.15, -0.1) is 0 Å². The molecular weight excluding hydrogens is 264 g/mol. The zero-order valence-electron chi connectivity index (χ0n) is 14.5. The predicted octanol–water partition coefficient (Wildman–Crippen LogP) is 3.19. The number of furan rings is 1. The lowest BCUT2D eigenvalue weighted by Gasteiger charge is -2.22. The van der Waals surface area contributed by atoms with Crippen molar-refractivity contribution in [3.8, 4) is 0 Å². The zero-order valence-corrected chi connectivity index (χ0v) is 14.5. The van der Waals surface area contributed by atoms with Crippen molar-refractivity contribution in [2.45, 2.75) is 53.8 Å². The number of methoxy groups -OCH3 is 1. The van der Waals surface area contributed by atoms with Crippen LogP contribution in [0.15, 0.2) is 10.5 Å². The lowest BCUT2D eigenvalue weighted by molar-refractivity contribution is 0.130. The number of hydrogen-bond acceptors (Lipinski definition) is 4. The highest BCUT2D eigenvalue weighted by molar-refractivity contribution is 5.20. The Kier molecular flexibility index (Phi) is 8.01. The Labute approximate surface area is 129 Å². The van der Waals surface area contributed by atoms with E-state index in [-0.39, 0.29) is 0 Å². The molecule has 4 heteroatoms. The lowest BCUT2D eigenvalue weighted by Crippen LogP contribution is -2.30. The molecule has 21 heavy (non-hydrogen) atoms. The summed E-state index contributed by atoms with van der Waals surface area (Å²) in [6.07, 6.45) is 0. The molecule has 1 aromatic heterocycles. The molecule has 0 spiro atoms. The number of rotatable bonds is 10. The van der Waals surface area contributed by atoms with E-state index in [9.17, 15) is 0 Å². The van der Waals surface area contributed by atoms with E-state index in [1.54, 1.807) is 7.11 Å². The standard InChI is InChI=1S/C17H32N2O2/c1-13(2)11-19(7-8-20-6)12-16-9-15(5)17(21-16)10-18-14(3)4/h9,13-14,18H,7-8,10-12H2,1-6H3. The van der Waals surface area contributed by atoms with Gasteiger partial charge in [0.1, 0.15) is 11.5 Å². The van der Waals surface area contributed by atoms with Crippen LogP contribution in [0.2, 0.25) is 0 Å². The second-order valence-corrected chi connectivity index (χ2v) is 6.48. The topological polar surface area (TPSA) is 37.6 Å². The number of ether oxygens (including phenoxy) is 1. The Morgan fingerprint density at radius 2 is 2.00 bits per heavy atom. The molecule has 0 bridgehead atoms. The van der Waals surface area contributed by atoms with Crippen LogP contribution in [0.4, 0.5) is 0 Å². The molecule has 0 radical (unpaired) electrons. The van der Waals surface area contributed by atoms with Gasteiger partial charge in [0.05, 0.1) is 19.7 Å². The summed E-state index contributed by atoms with van der Waals surface area (Å²) in [5, 5.41) is 3.41. The lowest BCUT2D eigenvalue weighted by atomic mass is 10.2. The second kappa shape index (κ2) is 9.23. The molecule has 122 valence electrons. The summed E-state index contributed by atoms with van der Waals surface area (Å²) in [6.45, 7) is 15.3. The van der Waals surface area contributed by atoms with Crippen molar-refractivity contribution in [2.24, 2.45) is 5.92 Å². The first-order chi connectivity index (χ1) is 9.92. The molecule has 0 aliphatic heterocycles. The summed E-state index contributed by atoms with van der Waals surface area (Å²) in [5.74, 6) is 2.74. The van der Waals surface area contributed by atoms with Crippen molar-refractivity contribution < 1.29 is 9.15 Å². The second-order valence-electron chi connectivity index (χ2n) is 6.48. The van der Waals surface area contributed by atoms with E-state index in [1.807, 2.05) is 0 Å². The van der Waals surface area contributed by atoms with Gasteiger partial charge in [-0.05, 0) is 24.5 Å². The molecule has 0 aromatic carbocycles. The van der Waals surface area contributed by atoms with Gasteiger partial charge in [0, 0.05) is 26.2 Å². The van der Waals surface area contributed by atoms with E-state index >= 15 is 0 Å². The number of hydrogen-bond donors (Lipinski definition) is 1. The minimum Gasteiger partial charge on any atom is -0.463 e. The number of nitrogens with zero attached hydrogens (tertiary/aromatic N) is 1. The van der Waals surface area contributed by atoms with Crippen LogP contribution in [0.1, 0.15) is 44.8 Å². The number of aryl methyl sites for hydroxylation is 1. The Morgan fingerprint density at radius 1 is 1.29 bits per heavy atom. The van der Waals surface area contributed by atoms with Crippen LogP contribution in [0.25, 0.3) is 0 Å². The van der Waals surface area contributed by atoms with Crippen molar-refractivity contribution in [1.82, 2.24) is 10.2 Å². The summed E-state index contributed by atoms with van der Waals surface area (Å²) in [6, 6.07) is 2.63. The first-order valence-electron chi connectivity index (χ1n) is 7.95. The highest BCUT2D eigenvalue weighted by atomic mass is 16.5. The fourth-order valence-electron chi connectivity index (χ4n) is 2.33. The fraction of sp³-hybridized carbons (Fsp3) is 0.765. The monoisotopic (exact) mass is 296 g/mol. The van der Waals surface area contributed by atoms with E-state index in [4.69, 9.17) is 9.15 Å². The van der Waals surface area contributed by atoms with Crippen LogP contribution < -0.4 is 5.32 Å². The van der Waals surface area contributed by atoms with Gasteiger partial charge in [0.15, 0.2) is 0 Å². The third-order valence-electron chi connectivity index (χ3n) is 3.36. The fourth-order valence-corrected chi connectivity index (χ4v) is 2.33. The van der Waals surface area contributed by atoms with Gasteiger partial charge in [0.25, 0.3) is 0 Å². The van der Waals surface area contributed by atoms with E-state index in [2.05, 4.69) is 50.9 Å². The van der Waals surface area contributed by atoms with E-state index in [1.165, 1.54) is 5.56 Å². The van der Waals surface area contributed by atoms with Gasteiger partial charge in [-0.1, -0.05) is 27.7 Å². The highest BCUT2D eigenvalue weighted by Crippen LogP contribution is 2.17. The van der Waals surface area contributed by atoms with Gasteiger partial charge >= 0.3 is 0 Å². The summed E-state index contributed by atoms with van der Waals surface area (Å²) in [7, 11) is 1.75. The summed E-state index contributed by atoms with van der Waals surface area (Å²) < 4.78 is 11.2. The Hall–Kier alpha value is -0.840. The van der Waals surface area contributed by atoms with Gasteiger partial charge in [0.2, 0.25) is 0 Å². The molecule has 0 aliphatic rings. The molecular formula is C17H32N2O2. The molecule has 0 atom stereocenters. The van der Waals surface area contributed by atoms with Crippen LogP contribution in [0.3, 0.4) is 0 Å². The maximum absolute atomic E-state index is 6.01. The normalized spacial score (nSPS) is 12.0. The largest absolute Gasteiger partial charge is 0.463 e. The average molecular weight is 296 g/mol. The summed E-state index contributed by atoms with van der Waals surface area (Å²) in [4.78, 5) is 2.39. The van der Waals surface area contributed by atoms with E-state index in [0.29, 0.717) is 12.0 Å². The smallest absolute Gasteiger partial charge is 0.120 e. The summed E-state index contributed by atoms with van der Waals surface area (Å²) >= 11 is 0. The maximum atomic E-state index is 6.01. The van der Waals surface area contributed by atoms with Crippen molar-refractivity contribution in [2.75, 3.05) is 26.8 Å². The molecule has 4 nitrogen and oxygen atoms in total. The molecule has 1 rings (SSSR count). The third kappa shape index (κ3) is 7.11. The Balaban J connectivity index is 2.63. The van der Waals surface area contributed by atoms with Gasteiger partial charge in [-0.25, -0.2) is 0 Å². The molecule has 0 aliphatic carbocycles. The van der Waals surface area contributed by atoms with Crippen LogP contribution in [-0.4, -0.2) is 37.7 Å². The van der Waals surface area contributed by atoms with Crippen LogP contribution in [-0.2, 0) is 17.8 Å². The van der Waals surface area contributed by atoms with Gasteiger partial charge in [-0.3, -0.25) is 4.90 Å². The first-order valence-corrected chi connectivity index (χ1v) is 7.95. The molecule has 1 heterocycles. The first kappa shape index (κ1) is 18.2. The average Bonchev–Trinajstić information content (AvgIpc) is 2.73. The molecule has 0 amide bonds. The zero-order chi connectivity index (χ0) is 15.8. The maximum Gasteiger partial charge on any atom is 0.120 e. The van der Waals surface area contributed by atoms with Gasteiger partial charge < -0.3 is 14.5 Å². The number of nitrogens with one attached hydrogen (secondary N) is 1. The van der Waals surface area contributed by atoms with Crippen molar-refractivity contribution in [1.29, 1.82) is 0 Å². The molecule has 0 fully saturated rings. The minimum absolute atomic E-state index is 0.470. The molecule has 1 N–H and O–H groups in total. The molecule has 0 unspecified atom stereocenters. The van der Waals surface area contributed by atoms with Gasteiger partial charge in [-0.2, -0.15) is 0 Å². The minimum atomic E-state index is 0.470. The molecule has 0 saturated heterocycles. The van der Waals surface area contributed by atoms with Crippen molar-refractivity contribution >= 4 is 0 Å². The Morgan fingerprint density at radius 3 is 2.57 bits per heavy atom. The van der Waals surface area contributed by atoms with Crippen LogP contribution >= 0.6 is 0 Å². The quantitative estimate of drug-likeness (QED) is 0.719. The van der Waals surface area contributed by atoms with Crippen molar-refractivity contribution in [3.05, 3.63) is 23.2 Å². The van der Waals surface area contributed by atoms with Crippen molar-refractivity contribution in [3.63, 3.8) is 0 Å². The van der Waals surface area contributed by atoms with E-state index in [0.717, 1.165) is 44.3 Å². The molecule has 0 saturated carbocycles. The highest BCUT2D eigenvalue weighted by Gasteiger charge is 2.13. The van der Waals surface area contributed by atoms with E-state index < -0.39 is 0 Å². The Bertz CT molecular complexity index is 399. The summed E-state index contributed by atoms with van der Waals surface area (Å²) in [5.41, 5.74) is 1.23. The van der Waals surface area contributed by atoms with Crippen LogP contribution in [0, 0.1) is 12.8 Å². The molecule has 1 aromatic rings. The third-order valence-corrected chi connectivity index (χ3v) is 3.36. The van der Waals surface area contributed by atoms with Crippen LogP contribution in [0.5, 0.6) is 0 Å². The predicted molar refractivity (Wildman–Crippen MR) is 87.4 cm³/mol.